The molecule has 4 aliphatic carbocycles. The summed E-state index contributed by atoms with van der Waals surface area (Å²) in [6.07, 6.45) is 9.14. The van der Waals surface area contributed by atoms with E-state index in [1.165, 1.54) is 25.7 Å². The van der Waals surface area contributed by atoms with Gasteiger partial charge in [0.25, 0.3) is 0 Å². The van der Waals surface area contributed by atoms with Gasteiger partial charge in [0.05, 0.1) is 31.0 Å². The third-order valence-electron chi connectivity index (χ3n) is 13.3. The summed E-state index contributed by atoms with van der Waals surface area (Å²) in [4.78, 5) is 0. The van der Waals surface area contributed by atoms with Crippen molar-refractivity contribution in [3.05, 3.63) is 35.9 Å². The van der Waals surface area contributed by atoms with E-state index < -0.39 is 7.82 Å². The summed E-state index contributed by atoms with van der Waals surface area (Å²) in [5, 5.41) is 22.5. The van der Waals surface area contributed by atoms with Gasteiger partial charge < -0.3 is 10.2 Å². The lowest BCUT2D eigenvalue weighted by molar-refractivity contribution is -0.203. The van der Waals surface area contributed by atoms with Crippen molar-refractivity contribution in [2.75, 3.05) is 6.61 Å². The Morgan fingerprint density at radius 1 is 0.976 bits per heavy atom. The van der Waals surface area contributed by atoms with Crippen LogP contribution in [0.15, 0.2) is 30.3 Å². The van der Waals surface area contributed by atoms with Gasteiger partial charge in [-0.15, -0.1) is 0 Å². The number of phosphoric acid groups is 1. The van der Waals surface area contributed by atoms with Gasteiger partial charge in [-0.05, 0) is 116 Å². The highest BCUT2D eigenvalue weighted by Gasteiger charge is 2.64. The number of hydrogen-bond donors (Lipinski definition) is 2. The third-order valence-corrected chi connectivity index (χ3v) is 14.9. The van der Waals surface area contributed by atoms with Crippen LogP contribution in [0.4, 0.5) is 0 Å². The summed E-state index contributed by atoms with van der Waals surface area (Å²) in [6.45, 7) is 11.9. The second-order valence-electron chi connectivity index (χ2n) is 15.3. The summed E-state index contributed by atoms with van der Waals surface area (Å²) in [7, 11) is -3.64. The second-order valence-corrected chi connectivity index (χ2v) is 16.9. The first-order valence-corrected chi connectivity index (χ1v) is 18.5. The maximum Gasteiger partial charge on any atom is 0.475 e. The molecule has 1 aromatic rings. The Kier molecular flexibility index (Phi) is 8.84. The normalized spacial score (nSPS) is 49.5. The summed E-state index contributed by atoms with van der Waals surface area (Å²) < 4.78 is 31.2. The Labute approximate surface area is 253 Å². The molecule has 1 aliphatic heterocycles. The van der Waals surface area contributed by atoms with Crippen LogP contribution in [0.1, 0.15) is 110 Å². The lowest BCUT2D eigenvalue weighted by Gasteiger charge is -2.64. The molecule has 14 atom stereocenters. The van der Waals surface area contributed by atoms with E-state index >= 15 is 0 Å². The molecule has 0 aromatic heterocycles. The van der Waals surface area contributed by atoms with Crippen LogP contribution in [0.25, 0.3) is 0 Å². The Morgan fingerprint density at radius 3 is 2.43 bits per heavy atom. The van der Waals surface area contributed by atoms with Crippen molar-refractivity contribution in [3.8, 4) is 0 Å². The molecule has 6 nitrogen and oxygen atoms in total. The molecular formula is C35H55O6P. The van der Waals surface area contributed by atoms with Crippen molar-refractivity contribution < 1.29 is 28.3 Å². The first-order chi connectivity index (χ1) is 20.0. The summed E-state index contributed by atoms with van der Waals surface area (Å²) in [5.74, 6) is 3.14. The lowest BCUT2D eigenvalue weighted by atomic mass is 9.41. The minimum Gasteiger partial charge on any atom is -0.393 e. The smallest absolute Gasteiger partial charge is 0.393 e. The number of aliphatic hydroxyl groups is 2. The fraction of sp³-hybridized carbons (Fsp3) is 0.829. The molecule has 2 N–H and O–H groups in total. The SMILES string of the molecule is CC[C@H]1C(O)C2C(CC[C@@]3(C)C2CC[C@@H]3[C@H](C)CCOP2(=O)OC(C)C[C@@H](c3ccccc3)O2)[C@@]2(C)CC[C@@H](O)CC12. The monoisotopic (exact) mass is 602 g/mol. The van der Waals surface area contributed by atoms with E-state index in [2.05, 4.69) is 27.7 Å². The Bertz CT molecular complexity index is 1130. The highest BCUT2D eigenvalue weighted by molar-refractivity contribution is 7.48. The summed E-state index contributed by atoms with van der Waals surface area (Å²) in [6, 6.07) is 9.93. The summed E-state index contributed by atoms with van der Waals surface area (Å²) >= 11 is 0. The van der Waals surface area contributed by atoms with Crippen LogP contribution in [0.5, 0.6) is 0 Å². The number of fused-ring (bicyclic) bond motifs is 5. The van der Waals surface area contributed by atoms with Crippen molar-refractivity contribution in [2.45, 2.75) is 123 Å². The van der Waals surface area contributed by atoms with E-state index in [0.29, 0.717) is 48.5 Å². The molecule has 1 heterocycles. The van der Waals surface area contributed by atoms with Gasteiger partial charge in [0.1, 0.15) is 0 Å². The molecule has 236 valence electrons. The molecule has 0 spiro atoms. The highest BCUT2D eigenvalue weighted by Crippen LogP contribution is 2.69. The molecule has 7 heteroatoms. The van der Waals surface area contributed by atoms with Gasteiger partial charge >= 0.3 is 7.82 Å². The average Bonchev–Trinajstić information content (AvgIpc) is 3.31. The molecule has 0 amide bonds. The van der Waals surface area contributed by atoms with Crippen molar-refractivity contribution >= 4 is 7.82 Å². The van der Waals surface area contributed by atoms with Gasteiger partial charge in [-0.2, -0.15) is 0 Å². The zero-order valence-electron chi connectivity index (χ0n) is 26.5. The third kappa shape index (κ3) is 5.39. The molecule has 0 bridgehead atoms. The van der Waals surface area contributed by atoms with Crippen molar-refractivity contribution in [2.24, 2.45) is 52.3 Å². The molecule has 0 radical (unpaired) electrons. The van der Waals surface area contributed by atoms with Crippen molar-refractivity contribution in [1.82, 2.24) is 0 Å². The predicted molar refractivity (Wildman–Crippen MR) is 165 cm³/mol. The first-order valence-electron chi connectivity index (χ1n) is 17.0. The lowest BCUT2D eigenvalue weighted by Crippen LogP contribution is -2.62. The number of hydrogen-bond acceptors (Lipinski definition) is 6. The number of benzene rings is 1. The molecule has 1 saturated heterocycles. The molecule has 42 heavy (non-hydrogen) atoms. The average molecular weight is 603 g/mol. The van der Waals surface area contributed by atoms with Gasteiger partial charge in [0, 0.05) is 6.42 Å². The first kappa shape index (κ1) is 31.2. The Morgan fingerprint density at radius 2 is 1.69 bits per heavy atom. The highest BCUT2D eigenvalue weighted by atomic mass is 31.2. The molecular weight excluding hydrogens is 547 g/mol. The molecule has 1 aromatic carbocycles. The van der Waals surface area contributed by atoms with Gasteiger partial charge in [-0.3, -0.25) is 13.6 Å². The van der Waals surface area contributed by atoms with Crippen LogP contribution >= 0.6 is 7.82 Å². The van der Waals surface area contributed by atoms with Gasteiger partial charge in [-0.1, -0.05) is 64.4 Å². The Balaban J connectivity index is 1.12. The molecule has 7 unspecified atom stereocenters. The van der Waals surface area contributed by atoms with Gasteiger partial charge in [0.2, 0.25) is 0 Å². The van der Waals surface area contributed by atoms with Gasteiger partial charge in [0.15, 0.2) is 0 Å². The number of aliphatic hydroxyl groups excluding tert-OH is 2. The Hall–Kier alpha value is -0.750. The summed E-state index contributed by atoms with van der Waals surface area (Å²) in [5.41, 5.74) is 1.43. The predicted octanol–water partition coefficient (Wildman–Crippen LogP) is 8.33. The standard InChI is InChI=1S/C35H55O6P/c1-6-26-30-21-25(36)14-17-35(30,5)29-15-18-34(4)27(12-13-28(34)32(29)33(26)37)22(2)16-19-39-42(38)40-23(3)20-31(41-42)24-10-8-7-9-11-24/h7-11,22-23,25-33,36-37H,6,12-21H2,1-5H3/t22-,23?,25-,26-,27-,28?,29?,30?,31+,32?,33?,34-,35-,42?/m1/s1. The second kappa shape index (κ2) is 11.9. The van der Waals surface area contributed by atoms with Crippen molar-refractivity contribution in [3.63, 3.8) is 0 Å². The quantitative estimate of drug-likeness (QED) is 0.305. The van der Waals surface area contributed by atoms with E-state index in [-0.39, 0.29) is 41.2 Å². The van der Waals surface area contributed by atoms with Crippen molar-refractivity contribution in [1.29, 1.82) is 0 Å². The fourth-order valence-electron chi connectivity index (χ4n) is 11.2. The minimum absolute atomic E-state index is 0.195. The van der Waals surface area contributed by atoms with Crippen LogP contribution in [0, 0.1) is 52.3 Å². The number of rotatable bonds is 7. The largest absolute Gasteiger partial charge is 0.475 e. The minimum atomic E-state index is -3.64. The van der Waals surface area contributed by atoms with Gasteiger partial charge in [-0.25, -0.2) is 4.57 Å². The molecule has 6 rings (SSSR count). The van der Waals surface area contributed by atoms with Crippen LogP contribution < -0.4 is 0 Å². The van der Waals surface area contributed by atoms with E-state index in [1.807, 2.05) is 37.3 Å². The topological polar surface area (TPSA) is 85.2 Å². The fourth-order valence-corrected chi connectivity index (χ4v) is 12.7. The van der Waals surface area contributed by atoms with Crippen LogP contribution in [0.3, 0.4) is 0 Å². The maximum absolute atomic E-state index is 13.5. The zero-order valence-corrected chi connectivity index (χ0v) is 27.4. The van der Waals surface area contributed by atoms with E-state index in [9.17, 15) is 14.8 Å². The maximum atomic E-state index is 13.5. The molecule has 5 aliphatic rings. The molecule has 5 fully saturated rings. The van der Waals surface area contributed by atoms with E-state index in [1.54, 1.807) is 0 Å². The molecule has 4 saturated carbocycles. The number of phosphoric ester groups is 1. The van der Waals surface area contributed by atoms with E-state index in [0.717, 1.165) is 37.7 Å². The van der Waals surface area contributed by atoms with Crippen LogP contribution in [-0.2, 0) is 18.1 Å². The zero-order chi connectivity index (χ0) is 29.9. The van der Waals surface area contributed by atoms with E-state index in [4.69, 9.17) is 13.6 Å². The van der Waals surface area contributed by atoms with Crippen LogP contribution in [-0.4, -0.2) is 35.1 Å². The van der Waals surface area contributed by atoms with Crippen LogP contribution in [0.2, 0.25) is 0 Å².